The van der Waals surface area contributed by atoms with Crippen molar-refractivity contribution in [3.63, 3.8) is 0 Å². The fourth-order valence-corrected chi connectivity index (χ4v) is 2.10. The van der Waals surface area contributed by atoms with Crippen LogP contribution in [0.2, 0.25) is 0 Å². The minimum Gasteiger partial charge on any atom is -0.321 e. The SMILES string of the molecule is O=c1[nH]c2ccccc2c2c1=CC=CCC=2. The van der Waals surface area contributed by atoms with Gasteiger partial charge in [-0.25, -0.2) is 0 Å². The molecule has 0 spiro atoms. The average Bonchev–Trinajstić information content (AvgIpc) is 2.55. The zero-order chi connectivity index (χ0) is 11.0. The number of pyridine rings is 1. The zero-order valence-corrected chi connectivity index (χ0v) is 8.73. The van der Waals surface area contributed by atoms with E-state index in [-0.39, 0.29) is 5.56 Å². The van der Waals surface area contributed by atoms with Crippen LogP contribution < -0.4 is 16.0 Å². The number of hydrogen-bond acceptors (Lipinski definition) is 1. The molecular weight excluding hydrogens is 198 g/mol. The molecule has 1 aromatic heterocycles. The van der Waals surface area contributed by atoms with Gasteiger partial charge in [-0.05, 0) is 23.8 Å². The highest BCUT2D eigenvalue weighted by Crippen LogP contribution is 2.03. The molecule has 0 saturated heterocycles. The fraction of sp³-hybridized carbons (Fsp3) is 0.0714. The lowest BCUT2D eigenvalue weighted by Crippen LogP contribution is -2.40. The third-order valence-electron chi connectivity index (χ3n) is 2.86. The summed E-state index contributed by atoms with van der Waals surface area (Å²) < 4.78 is 0. The van der Waals surface area contributed by atoms with Gasteiger partial charge in [-0.15, -0.1) is 0 Å². The largest absolute Gasteiger partial charge is 0.321 e. The summed E-state index contributed by atoms with van der Waals surface area (Å²) in [6, 6.07) is 7.90. The molecule has 0 aliphatic heterocycles. The first-order valence-corrected chi connectivity index (χ1v) is 5.34. The van der Waals surface area contributed by atoms with Crippen LogP contribution in [0.5, 0.6) is 0 Å². The Morgan fingerprint density at radius 3 is 2.94 bits per heavy atom. The Hall–Kier alpha value is -2.09. The second-order valence-corrected chi connectivity index (χ2v) is 3.86. The summed E-state index contributed by atoms with van der Waals surface area (Å²) >= 11 is 0. The molecule has 1 aliphatic carbocycles. The maximum atomic E-state index is 11.9. The first-order valence-electron chi connectivity index (χ1n) is 5.34. The molecule has 2 nitrogen and oxygen atoms in total. The monoisotopic (exact) mass is 209 g/mol. The maximum Gasteiger partial charge on any atom is 0.256 e. The number of rotatable bonds is 0. The average molecular weight is 209 g/mol. The van der Waals surface area contributed by atoms with Gasteiger partial charge in [0.15, 0.2) is 0 Å². The molecule has 2 heteroatoms. The highest BCUT2D eigenvalue weighted by molar-refractivity contribution is 5.80. The predicted octanol–water partition coefficient (Wildman–Crippen LogP) is 1.05. The Labute approximate surface area is 92.2 Å². The Balaban J connectivity index is 2.66. The van der Waals surface area contributed by atoms with Crippen molar-refractivity contribution in [1.82, 2.24) is 4.98 Å². The minimum atomic E-state index is -0.0171. The number of benzene rings is 1. The number of para-hydroxylation sites is 1. The number of allylic oxidation sites excluding steroid dienone is 2. The van der Waals surface area contributed by atoms with Crippen molar-refractivity contribution in [2.24, 2.45) is 0 Å². The highest BCUT2D eigenvalue weighted by atomic mass is 16.1. The molecule has 0 bridgehead atoms. The van der Waals surface area contributed by atoms with E-state index in [1.54, 1.807) is 0 Å². The molecule has 0 amide bonds. The summed E-state index contributed by atoms with van der Waals surface area (Å²) in [6.45, 7) is 0. The molecule has 2 aromatic rings. The van der Waals surface area contributed by atoms with E-state index in [0.29, 0.717) is 0 Å². The third kappa shape index (κ3) is 1.31. The van der Waals surface area contributed by atoms with E-state index in [9.17, 15) is 4.79 Å². The molecule has 78 valence electrons. The van der Waals surface area contributed by atoms with Crippen LogP contribution in [0.3, 0.4) is 0 Å². The molecule has 1 heterocycles. The van der Waals surface area contributed by atoms with Crippen LogP contribution in [0.4, 0.5) is 0 Å². The molecule has 1 aromatic carbocycles. The van der Waals surface area contributed by atoms with Crippen LogP contribution in [0.25, 0.3) is 23.1 Å². The lowest BCUT2D eigenvalue weighted by molar-refractivity contribution is 1.25. The minimum absolute atomic E-state index is 0.0171. The van der Waals surface area contributed by atoms with Crippen LogP contribution in [-0.2, 0) is 0 Å². The Morgan fingerprint density at radius 1 is 1.12 bits per heavy atom. The van der Waals surface area contributed by atoms with Gasteiger partial charge in [0.25, 0.3) is 5.56 Å². The highest BCUT2D eigenvalue weighted by Gasteiger charge is 2.00. The molecule has 1 N–H and O–H groups in total. The van der Waals surface area contributed by atoms with Gasteiger partial charge in [-0.1, -0.05) is 36.4 Å². The second-order valence-electron chi connectivity index (χ2n) is 3.86. The quantitative estimate of drug-likeness (QED) is 0.691. The molecule has 3 rings (SSSR count). The number of aromatic amines is 1. The number of hydrogen-bond donors (Lipinski definition) is 1. The summed E-state index contributed by atoms with van der Waals surface area (Å²) in [4.78, 5) is 14.8. The third-order valence-corrected chi connectivity index (χ3v) is 2.86. The topological polar surface area (TPSA) is 32.9 Å². The lowest BCUT2D eigenvalue weighted by atomic mass is 10.1. The van der Waals surface area contributed by atoms with Crippen LogP contribution in [-0.4, -0.2) is 4.98 Å². The van der Waals surface area contributed by atoms with Gasteiger partial charge in [0.1, 0.15) is 0 Å². The van der Waals surface area contributed by atoms with Gasteiger partial charge in [0, 0.05) is 16.1 Å². The molecule has 0 saturated carbocycles. The predicted molar refractivity (Wildman–Crippen MR) is 66.5 cm³/mol. The smallest absolute Gasteiger partial charge is 0.256 e. The molecule has 0 radical (unpaired) electrons. The zero-order valence-electron chi connectivity index (χ0n) is 8.73. The van der Waals surface area contributed by atoms with Gasteiger partial charge >= 0.3 is 0 Å². The van der Waals surface area contributed by atoms with Crippen molar-refractivity contribution in [2.75, 3.05) is 0 Å². The van der Waals surface area contributed by atoms with E-state index in [4.69, 9.17) is 0 Å². The van der Waals surface area contributed by atoms with Gasteiger partial charge in [0.05, 0.1) is 0 Å². The van der Waals surface area contributed by atoms with E-state index < -0.39 is 0 Å². The summed E-state index contributed by atoms with van der Waals surface area (Å²) in [6.07, 6.45) is 8.84. The normalized spacial score (nSPS) is 13.8. The Bertz CT molecular complexity index is 750. The molecule has 0 fully saturated rings. The van der Waals surface area contributed by atoms with E-state index in [0.717, 1.165) is 27.8 Å². The van der Waals surface area contributed by atoms with Crippen molar-refractivity contribution < 1.29 is 0 Å². The number of nitrogens with one attached hydrogen (secondary N) is 1. The first kappa shape index (κ1) is 9.16. The number of H-pyrrole nitrogens is 1. The van der Waals surface area contributed by atoms with Crippen molar-refractivity contribution in [1.29, 1.82) is 0 Å². The van der Waals surface area contributed by atoms with Gasteiger partial charge in [-0.2, -0.15) is 0 Å². The number of aromatic nitrogens is 1. The van der Waals surface area contributed by atoms with E-state index in [2.05, 4.69) is 11.1 Å². The Morgan fingerprint density at radius 2 is 2.00 bits per heavy atom. The molecule has 0 atom stereocenters. The van der Waals surface area contributed by atoms with Crippen LogP contribution in [0.15, 0.2) is 41.2 Å². The Kier molecular flexibility index (Phi) is 2.00. The molecule has 0 unspecified atom stereocenters. The summed E-state index contributed by atoms with van der Waals surface area (Å²) in [5.41, 5.74) is 0.884. The molecular formula is C14H11NO. The summed E-state index contributed by atoms with van der Waals surface area (Å²) in [7, 11) is 0. The molecule has 16 heavy (non-hydrogen) atoms. The second kappa shape index (κ2) is 3.49. The summed E-state index contributed by atoms with van der Waals surface area (Å²) in [5.74, 6) is 0. The first-order chi connectivity index (χ1) is 7.86. The van der Waals surface area contributed by atoms with Crippen molar-refractivity contribution in [3.05, 3.63) is 57.2 Å². The van der Waals surface area contributed by atoms with E-state index in [1.807, 2.05) is 42.5 Å². The standard InChI is InChI=1S/C14H11NO/c16-14-12-8-3-1-2-6-10(12)11-7-4-5-9-13(11)15-14/h1,3-9H,2H2,(H,15,16). The van der Waals surface area contributed by atoms with Crippen LogP contribution >= 0.6 is 0 Å². The van der Waals surface area contributed by atoms with Crippen LogP contribution in [0, 0.1) is 0 Å². The van der Waals surface area contributed by atoms with Crippen molar-refractivity contribution in [2.45, 2.75) is 6.42 Å². The lowest BCUT2D eigenvalue weighted by Gasteiger charge is -1.98. The van der Waals surface area contributed by atoms with Crippen LogP contribution in [0.1, 0.15) is 6.42 Å². The van der Waals surface area contributed by atoms with E-state index >= 15 is 0 Å². The van der Waals surface area contributed by atoms with Gasteiger partial charge in [-0.3, -0.25) is 4.79 Å². The van der Waals surface area contributed by atoms with Gasteiger partial charge < -0.3 is 4.98 Å². The van der Waals surface area contributed by atoms with Crippen molar-refractivity contribution in [3.8, 4) is 0 Å². The maximum absolute atomic E-state index is 11.9. The molecule has 1 aliphatic rings. The fourth-order valence-electron chi connectivity index (χ4n) is 2.10. The van der Waals surface area contributed by atoms with Gasteiger partial charge in [0.2, 0.25) is 0 Å². The van der Waals surface area contributed by atoms with E-state index in [1.165, 1.54) is 0 Å². The summed E-state index contributed by atoms with van der Waals surface area (Å²) in [5, 5.41) is 2.91. The van der Waals surface area contributed by atoms with Crippen molar-refractivity contribution >= 4 is 23.1 Å². The number of fused-ring (bicyclic) bond motifs is 3.